The van der Waals surface area contributed by atoms with E-state index in [1.807, 2.05) is 0 Å². The second-order valence-electron chi connectivity index (χ2n) is 11.5. The molecule has 2 fully saturated rings. The van der Waals surface area contributed by atoms with Gasteiger partial charge in [-0.25, -0.2) is 27.3 Å². The number of carbonyl (C=O) groups excluding carboxylic acids is 1. The first-order chi connectivity index (χ1) is 20.8. The SMILES string of the molecule is CCOC(=O)C1=C(CN2CC(F)(F)[C@H]3[C@@H]2CON3C[C@@H](F)C(C)(C)C(=O)O)NC(c2nccs2)=N[C@H]1c1cccc(F)c1C. The predicted octanol–water partition coefficient (Wildman–Crippen LogP) is 3.88. The van der Waals surface area contributed by atoms with Crippen LogP contribution < -0.4 is 5.32 Å². The number of esters is 1. The minimum Gasteiger partial charge on any atom is -0.481 e. The Bertz CT molecular complexity index is 1480. The van der Waals surface area contributed by atoms with E-state index in [2.05, 4.69) is 10.3 Å². The summed E-state index contributed by atoms with van der Waals surface area (Å²) in [4.78, 5) is 41.0. The maximum absolute atomic E-state index is 15.6. The van der Waals surface area contributed by atoms with E-state index in [1.54, 1.807) is 31.5 Å². The summed E-state index contributed by atoms with van der Waals surface area (Å²) in [5, 5.41) is 15.5. The van der Waals surface area contributed by atoms with Crippen LogP contribution in [0.5, 0.6) is 0 Å². The number of aliphatic imine (C=N–C) groups is 1. The molecule has 1 aromatic carbocycles. The van der Waals surface area contributed by atoms with E-state index in [-0.39, 0.29) is 42.4 Å². The number of halogens is 4. The van der Waals surface area contributed by atoms with Crippen molar-refractivity contribution >= 4 is 29.1 Å². The average molecular weight is 640 g/mol. The molecule has 10 nitrogen and oxygen atoms in total. The number of thiazole rings is 1. The van der Waals surface area contributed by atoms with Gasteiger partial charge in [0.25, 0.3) is 5.92 Å². The van der Waals surface area contributed by atoms with Gasteiger partial charge in [0, 0.05) is 23.8 Å². The molecule has 0 bridgehead atoms. The topological polar surface area (TPSA) is 117 Å². The largest absolute Gasteiger partial charge is 0.481 e. The molecular weight excluding hydrogens is 606 g/mol. The molecule has 238 valence electrons. The van der Waals surface area contributed by atoms with Crippen molar-refractivity contribution in [1.82, 2.24) is 20.3 Å². The average Bonchev–Trinajstić information content (AvgIpc) is 3.69. The lowest BCUT2D eigenvalue weighted by molar-refractivity contribution is -0.196. The van der Waals surface area contributed by atoms with Crippen molar-refractivity contribution < 1.29 is 41.8 Å². The second kappa shape index (κ2) is 12.2. The van der Waals surface area contributed by atoms with E-state index in [4.69, 9.17) is 14.6 Å². The molecule has 5 rings (SSSR count). The number of aromatic nitrogens is 1. The number of hydrogen-bond acceptors (Lipinski definition) is 10. The maximum atomic E-state index is 15.6. The summed E-state index contributed by atoms with van der Waals surface area (Å²) >= 11 is 1.27. The number of nitrogens with zero attached hydrogens (tertiary/aromatic N) is 4. The van der Waals surface area contributed by atoms with Crippen LogP contribution in [0.3, 0.4) is 0 Å². The van der Waals surface area contributed by atoms with E-state index < -0.39 is 66.5 Å². The van der Waals surface area contributed by atoms with Gasteiger partial charge in [0.2, 0.25) is 0 Å². The molecule has 3 aliphatic heterocycles. The minimum absolute atomic E-state index is 0.0277. The van der Waals surface area contributed by atoms with Crippen LogP contribution in [-0.2, 0) is 19.2 Å². The number of carbonyl (C=O) groups is 2. The number of benzene rings is 1. The summed E-state index contributed by atoms with van der Waals surface area (Å²) in [6, 6.07) is 0.926. The summed E-state index contributed by atoms with van der Waals surface area (Å²) in [6.45, 7) is 3.77. The van der Waals surface area contributed by atoms with E-state index in [1.165, 1.54) is 42.2 Å². The molecule has 1 aromatic heterocycles. The lowest BCUT2D eigenvalue weighted by atomic mass is 9.87. The van der Waals surface area contributed by atoms with Gasteiger partial charge < -0.3 is 15.2 Å². The van der Waals surface area contributed by atoms with Gasteiger partial charge in [-0.05, 0) is 44.9 Å². The Balaban J connectivity index is 1.51. The van der Waals surface area contributed by atoms with Crippen LogP contribution in [0, 0.1) is 18.2 Å². The zero-order chi connectivity index (χ0) is 32.0. The molecule has 2 aromatic rings. The molecule has 4 atom stereocenters. The van der Waals surface area contributed by atoms with Crippen molar-refractivity contribution in [2.24, 2.45) is 10.4 Å². The van der Waals surface area contributed by atoms with Crippen molar-refractivity contribution in [1.29, 1.82) is 0 Å². The van der Waals surface area contributed by atoms with Crippen LogP contribution in [0.4, 0.5) is 17.6 Å². The van der Waals surface area contributed by atoms with Crippen LogP contribution in [0.1, 0.15) is 42.9 Å². The molecule has 2 saturated heterocycles. The molecule has 3 aliphatic rings. The quantitative estimate of drug-likeness (QED) is 0.295. The number of amidine groups is 1. The number of carboxylic acids is 1. The lowest BCUT2D eigenvalue weighted by Crippen LogP contribution is -2.50. The number of ether oxygens (including phenoxy) is 1. The van der Waals surface area contributed by atoms with Gasteiger partial charge in [-0.1, -0.05) is 12.1 Å². The highest BCUT2D eigenvalue weighted by atomic mass is 32.1. The lowest BCUT2D eigenvalue weighted by Gasteiger charge is -2.31. The predicted molar refractivity (Wildman–Crippen MR) is 152 cm³/mol. The van der Waals surface area contributed by atoms with E-state index in [0.29, 0.717) is 10.6 Å². The van der Waals surface area contributed by atoms with Gasteiger partial charge in [0.1, 0.15) is 24.1 Å². The number of rotatable bonds is 10. The summed E-state index contributed by atoms with van der Waals surface area (Å²) in [6.07, 6.45) is -0.425. The number of nitrogens with one attached hydrogen (secondary N) is 1. The van der Waals surface area contributed by atoms with Gasteiger partial charge >= 0.3 is 11.9 Å². The van der Waals surface area contributed by atoms with Crippen molar-refractivity contribution in [2.45, 2.75) is 57.9 Å². The van der Waals surface area contributed by atoms with Gasteiger partial charge in [0.15, 0.2) is 10.8 Å². The Morgan fingerprint density at radius 1 is 1.34 bits per heavy atom. The van der Waals surface area contributed by atoms with E-state index >= 15 is 13.2 Å². The number of likely N-dealkylation sites (tertiary alicyclic amines) is 1. The van der Waals surface area contributed by atoms with Crippen LogP contribution in [0.15, 0.2) is 46.0 Å². The molecule has 0 amide bonds. The summed E-state index contributed by atoms with van der Waals surface area (Å²) in [7, 11) is 0. The van der Waals surface area contributed by atoms with Crippen LogP contribution in [-0.4, -0.2) is 94.9 Å². The van der Waals surface area contributed by atoms with Crippen molar-refractivity contribution in [2.75, 3.05) is 32.8 Å². The van der Waals surface area contributed by atoms with Crippen LogP contribution >= 0.6 is 11.3 Å². The van der Waals surface area contributed by atoms with Crippen molar-refractivity contribution in [3.8, 4) is 0 Å². The first-order valence-electron chi connectivity index (χ1n) is 14.0. The third-order valence-corrected chi connectivity index (χ3v) is 9.08. The fourth-order valence-electron chi connectivity index (χ4n) is 5.64. The molecule has 2 N–H and O–H groups in total. The highest BCUT2D eigenvalue weighted by Crippen LogP contribution is 2.42. The first kappa shape index (κ1) is 32.0. The number of fused-ring (bicyclic) bond motifs is 1. The molecule has 0 saturated carbocycles. The molecule has 0 spiro atoms. The van der Waals surface area contributed by atoms with E-state index in [0.717, 1.165) is 5.06 Å². The van der Waals surface area contributed by atoms with Crippen LogP contribution in [0.25, 0.3) is 0 Å². The first-order valence-corrected chi connectivity index (χ1v) is 14.9. The fourth-order valence-corrected chi connectivity index (χ4v) is 6.23. The maximum Gasteiger partial charge on any atom is 0.338 e. The molecule has 15 heteroatoms. The highest BCUT2D eigenvalue weighted by Gasteiger charge is 2.61. The Morgan fingerprint density at radius 3 is 2.75 bits per heavy atom. The van der Waals surface area contributed by atoms with Crippen LogP contribution in [0.2, 0.25) is 0 Å². The zero-order valence-electron chi connectivity index (χ0n) is 24.5. The van der Waals surface area contributed by atoms with Gasteiger partial charge in [-0.2, -0.15) is 5.06 Å². The third kappa shape index (κ3) is 5.85. The van der Waals surface area contributed by atoms with Gasteiger partial charge in [-0.3, -0.25) is 19.5 Å². The molecule has 0 unspecified atom stereocenters. The Labute approximate surface area is 255 Å². The van der Waals surface area contributed by atoms with Gasteiger partial charge in [0.05, 0.1) is 43.3 Å². The summed E-state index contributed by atoms with van der Waals surface area (Å²) in [5.41, 5.74) is -0.898. The zero-order valence-corrected chi connectivity index (χ0v) is 25.3. The molecular formula is C29H33F4N5O5S. The summed E-state index contributed by atoms with van der Waals surface area (Å²) in [5.74, 6) is -5.73. The Morgan fingerprint density at radius 2 is 2.09 bits per heavy atom. The molecule has 0 aliphatic carbocycles. The number of carboxylic acid groups (broad SMARTS) is 1. The normalized spacial score (nSPS) is 24.5. The number of aliphatic carboxylic acids is 1. The van der Waals surface area contributed by atoms with Gasteiger partial charge in [-0.15, -0.1) is 11.3 Å². The molecule has 44 heavy (non-hydrogen) atoms. The number of hydrogen-bond donors (Lipinski definition) is 2. The minimum atomic E-state index is -3.36. The Kier molecular flexibility index (Phi) is 8.86. The van der Waals surface area contributed by atoms with Crippen molar-refractivity contribution in [3.05, 3.63) is 63.0 Å². The van der Waals surface area contributed by atoms with E-state index in [9.17, 15) is 19.1 Å². The number of hydroxylamine groups is 2. The second-order valence-corrected chi connectivity index (χ2v) is 12.4. The Hall–Kier alpha value is -3.40. The third-order valence-electron chi connectivity index (χ3n) is 8.30. The smallest absolute Gasteiger partial charge is 0.338 e. The fraction of sp³-hybridized carbons (Fsp3) is 0.517. The monoisotopic (exact) mass is 639 g/mol. The molecule has 0 radical (unpaired) electrons. The standard InChI is InChI=1S/C29H33F4N5O5S/c1-5-42-26(39)21-18(35-24(25-34-9-10-44-25)36-22(21)16-7-6-8-17(30)15(16)2)11-37-14-29(32,33)23-19(37)13-43-38(23)12-20(31)28(3,4)27(40)41/h6-10,19-20,22-23H,5,11-14H2,1-4H3,(H,35,36)(H,40,41)/t19-,20+,22-,23+/m0/s1. The highest BCUT2D eigenvalue weighted by molar-refractivity contribution is 7.11. The molecule has 4 heterocycles. The summed E-state index contributed by atoms with van der Waals surface area (Å²) < 4.78 is 66.3. The number of alkyl halides is 3. The van der Waals surface area contributed by atoms with Crippen molar-refractivity contribution in [3.63, 3.8) is 0 Å².